The molecule has 0 aliphatic heterocycles. The molecular weight excluding hydrogens is 168 g/mol. The van der Waals surface area contributed by atoms with Crippen LogP contribution in [0.5, 0.6) is 0 Å². The van der Waals surface area contributed by atoms with Gasteiger partial charge in [0.2, 0.25) is 0 Å². The van der Waals surface area contributed by atoms with Crippen molar-refractivity contribution in [2.75, 3.05) is 0 Å². The molecule has 0 unspecified atom stereocenters. The van der Waals surface area contributed by atoms with Crippen molar-refractivity contribution in [3.05, 3.63) is 35.9 Å². The van der Waals surface area contributed by atoms with Gasteiger partial charge in [-0.2, -0.15) is 0 Å². The van der Waals surface area contributed by atoms with Gasteiger partial charge in [0.15, 0.2) is 0 Å². The van der Waals surface area contributed by atoms with Crippen LogP contribution < -0.4 is 0 Å². The smallest absolute Gasteiger partial charge is 0.337 e. The SMILES string of the molecule is Cc1cc(C(=O)O)c2cncn2c1. The van der Waals surface area contributed by atoms with E-state index in [2.05, 4.69) is 4.98 Å². The molecule has 13 heavy (non-hydrogen) atoms. The van der Waals surface area contributed by atoms with E-state index in [0.717, 1.165) is 5.56 Å². The van der Waals surface area contributed by atoms with Crippen molar-refractivity contribution in [2.24, 2.45) is 0 Å². The van der Waals surface area contributed by atoms with Crippen molar-refractivity contribution in [1.29, 1.82) is 0 Å². The average Bonchev–Trinajstić information content (AvgIpc) is 2.49. The molecule has 0 radical (unpaired) electrons. The van der Waals surface area contributed by atoms with Crippen molar-refractivity contribution in [1.82, 2.24) is 9.38 Å². The molecule has 0 aliphatic carbocycles. The largest absolute Gasteiger partial charge is 0.478 e. The van der Waals surface area contributed by atoms with Crippen molar-refractivity contribution >= 4 is 11.5 Å². The summed E-state index contributed by atoms with van der Waals surface area (Å²) >= 11 is 0. The van der Waals surface area contributed by atoms with Crippen molar-refractivity contribution in [2.45, 2.75) is 6.92 Å². The Labute approximate surface area is 74.5 Å². The van der Waals surface area contributed by atoms with Crippen molar-refractivity contribution < 1.29 is 9.90 Å². The summed E-state index contributed by atoms with van der Waals surface area (Å²) in [6.45, 7) is 1.85. The molecular formula is C9H8N2O2. The van der Waals surface area contributed by atoms with Crippen LogP contribution in [0.2, 0.25) is 0 Å². The number of imidazole rings is 1. The number of aromatic carboxylic acids is 1. The normalized spacial score (nSPS) is 10.5. The Hall–Kier alpha value is -1.84. The van der Waals surface area contributed by atoms with Crippen molar-refractivity contribution in [3.63, 3.8) is 0 Å². The average molecular weight is 176 g/mol. The number of pyridine rings is 1. The minimum atomic E-state index is -0.922. The van der Waals surface area contributed by atoms with Crippen molar-refractivity contribution in [3.8, 4) is 0 Å². The van der Waals surface area contributed by atoms with E-state index >= 15 is 0 Å². The quantitative estimate of drug-likeness (QED) is 0.713. The Kier molecular flexibility index (Phi) is 1.55. The van der Waals surface area contributed by atoms with E-state index in [0.29, 0.717) is 5.52 Å². The van der Waals surface area contributed by atoms with Gasteiger partial charge in [0, 0.05) is 6.20 Å². The second kappa shape index (κ2) is 2.58. The summed E-state index contributed by atoms with van der Waals surface area (Å²) in [5.41, 5.74) is 1.82. The van der Waals surface area contributed by atoms with E-state index in [1.165, 1.54) is 0 Å². The number of carbonyl (C=O) groups is 1. The number of aryl methyl sites for hydroxylation is 1. The van der Waals surface area contributed by atoms with E-state index in [-0.39, 0.29) is 5.56 Å². The van der Waals surface area contributed by atoms with Gasteiger partial charge in [-0.05, 0) is 18.6 Å². The van der Waals surface area contributed by atoms with Gasteiger partial charge >= 0.3 is 5.97 Å². The number of hydrogen-bond donors (Lipinski definition) is 1. The molecule has 4 nitrogen and oxygen atoms in total. The fraction of sp³-hybridized carbons (Fsp3) is 0.111. The zero-order valence-corrected chi connectivity index (χ0v) is 7.06. The second-order valence-corrected chi connectivity index (χ2v) is 2.92. The zero-order valence-electron chi connectivity index (χ0n) is 7.06. The molecule has 2 heterocycles. The van der Waals surface area contributed by atoms with Gasteiger partial charge in [-0.3, -0.25) is 0 Å². The Morgan fingerprint density at radius 1 is 1.62 bits per heavy atom. The first-order valence-electron chi connectivity index (χ1n) is 3.84. The molecule has 2 aromatic rings. The monoisotopic (exact) mass is 176 g/mol. The molecule has 0 saturated heterocycles. The van der Waals surface area contributed by atoms with Gasteiger partial charge in [0.25, 0.3) is 0 Å². The third kappa shape index (κ3) is 1.16. The van der Waals surface area contributed by atoms with Crippen LogP contribution >= 0.6 is 0 Å². The number of carboxylic acids is 1. The summed E-state index contributed by atoms with van der Waals surface area (Å²) in [4.78, 5) is 14.7. The summed E-state index contributed by atoms with van der Waals surface area (Å²) < 4.78 is 1.71. The first kappa shape index (κ1) is 7.79. The molecule has 0 fully saturated rings. The summed E-state index contributed by atoms with van der Waals surface area (Å²) in [5, 5.41) is 8.88. The van der Waals surface area contributed by atoms with Crippen LogP contribution in [0.4, 0.5) is 0 Å². The van der Waals surface area contributed by atoms with Crippen LogP contribution in [0.15, 0.2) is 24.8 Å². The maximum Gasteiger partial charge on any atom is 0.337 e. The predicted octanol–water partition coefficient (Wildman–Crippen LogP) is 1.34. The molecule has 1 N–H and O–H groups in total. The Bertz CT molecular complexity index is 473. The van der Waals surface area contributed by atoms with Crippen LogP contribution in [-0.4, -0.2) is 20.5 Å². The number of nitrogens with zero attached hydrogens (tertiary/aromatic N) is 2. The molecule has 0 aromatic carbocycles. The minimum Gasteiger partial charge on any atom is -0.478 e. The van der Waals surface area contributed by atoms with Gasteiger partial charge in [-0.25, -0.2) is 9.78 Å². The van der Waals surface area contributed by atoms with Gasteiger partial charge in [0.05, 0.1) is 23.6 Å². The third-order valence-electron chi connectivity index (χ3n) is 1.89. The van der Waals surface area contributed by atoms with Crippen LogP contribution in [0.25, 0.3) is 5.52 Å². The van der Waals surface area contributed by atoms with Crippen LogP contribution in [0.1, 0.15) is 15.9 Å². The lowest BCUT2D eigenvalue weighted by Crippen LogP contribution is -2.00. The first-order chi connectivity index (χ1) is 6.18. The zero-order chi connectivity index (χ0) is 9.42. The summed E-state index contributed by atoms with van der Waals surface area (Å²) in [6, 6.07) is 1.64. The van der Waals surface area contributed by atoms with E-state index in [9.17, 15) is 4.79 Å². The number of hydrogen-bond acceptors (Lipinski definition) is 2. The highest BCUT2D eigenvalue weighted by Crippen LogP contribution is 2.12. The van der Waals surface area contributed by atoms with E-state index in [1.54, 1.807) is 23.0 Å². The maximum atomic E-state index is 10.8. The highest BCUT2D eigenvalue weighted by Gasteiger charge is 2.09. The fourth-order valence-corrected chi connectivity index (χ4v) is 1.35. The molecule has 66 valence electrons. The summed E-state index contributed by atoms with van der Waals surface area (Å²) in [6.07, 6.45) is 4.98. The second-order valence-electron chi connectivity index (χ2n) is 2.92. The molecule has 0 aliphatic rings. The number of carboxylic acid groups (broad SMARTS) is 1. The molecule has 0 spiro atoms. The Morgan fingerprint density at radius 2 is 2.38 bits per heavy atom. The topological polar surface area (TPSA) is 54.6 Å². The molecule has 4 heteroatoms. The first-order valence-corrected chi connectivity index (χ1v) is 3.84. The molecule has 0 saturated carbocycles. The van der Waals surface area contributed by atoms with Crippen LogP contribution in [0.3, 0.4) is 0 Å². The summed E-state index contributed by atoms with van der Waals surface area (Å²) in [7, 11) is 0. The lowest BCUT2D eigenvalue weighted by atomic mass is 10.2. The van der Waals surface area contributed by atoms with Gasteiger partial charge in [-0.1, -0.05) is 0 Å². The summed E-state index contributed by atoms with van der Waals surface area (Å²) in [5.74, 6) is -0.922. The number of fused-ring (bicyclic) bond motifs is 1. The lowest BCUT2D eigenvalue weighted by molar-refractivity contribution is 0.0698. The molecule has 2 aromatic heterocycles. The number of aromatic nitrogens is 2. The molecule has 0 amide bonds. The van der Waals surface area contributed by atoms with Crippen LogP contribution in [0, 0.1) is 6.92 Å². The Morgan fingerprint density at radius 3 is 3.08 bits per heavy atom. The third-order valence-corrected chi connectivity index (χ3v) is 1.89. The van der Waals surface area contributed by atoms with Gasteiger partial charge in [0.1, 0.15) is 0 Å². The minimum absolute atomic E-state index is 0.289. The highest BCUT2D eigenvalue weighted by atomic mass is 16.4. The van der Waals surface area contributed by atoms with E-state index in [4.69, 9.17) is 5.11 Å². The lowest BCUT2D eigenvalue weighted by Gasteiger charge is -2.00. The predicted molar refractivity (Wildman–Crippen MR) is 46.9 cm³/mol. The standard InChI is InChI=1S/C9H8N2O2/c1-6-2-7(9(12)13)8-3-10-5-11(8)4-6/h2-5H,1H3,(H,12,13). The molecule has 0 bridgehead atoms. The van der Waals surface area contributed by atoms with E-state index < -0.39 is 5.97 Å². The maximum absolute atomic E-state index is 10.8. The Balaban J connectivity index is 2.84. The van der Waals surface area contributed by atoms with Crippen LogP contribution in [-0.2, 0) is 0 Å². The van der Waals surface area contributed by atoms with Gasteiger partial charge in [-0.15, -0.1) is 0 Å². The molecule has 0 atom stereocenters. The number of rotatable bonds is 1. The highest BCUT2D eigenvalue weighted by molar-refractivity contribution is 5.95. The fourth-order valence-electron chi connectivity index (χ4n) is 1.35. The van der Waals surface area contributed by atoms with E-state index in [1.807, 2.05) is 13.1 Å². The molecule has 2 rings (SSSR count). The van der Waals surface area contributed by atoms with Gasteiger partial charge < -0.3 is 9.51 Å².